The van der Waals surface area contributed by atoms with Crippen LogP contribution in [0.1, 0.15) is 10.4 Å². The second kappa shape index (κ2) is 5.68. The molecule has 1 aromatic heterocycles. The van der Waals surface area contributed by atoms with E-state index in [0.717, 1.165) is 4.47 Å². The Morgan fingerprint density at radius 2 is 2.33 bits per heavy atom. The molecule has 2 aromatic rings. The van der Waals surface area contributed by atoms with Crippen LogP contribution >= 0.6 is 15.9 Å². The molecular weight excluding hydrogens is 300 g/mol. The Morgan fingerprint density at radius 1 is 1.50 bits per heavy atom. The van der Waals surface area contributed by atoms with Crippen molar-refractivity contribution in [2.24, 2.45) is 0 Å². The molecule has 6 heteroatoms. The summed E-state index contributed by atoms with van der Waals surface area (Å²) in [6.45, 7) is 1.03. The highest BCUT2D eigenvalue weighted by Gasteiger charge is 2.07. The second-order valence-corrected chi connectivity index (χ2v) is 4.42. The lowest BCUT2D eigenvalue weighted by molar-refractivity contribution is 0.0696. The lowest BCUT2D eigenvalue weighted by Gasteiger charge is -2.09. The number of benzene rings is 1. The minimum absolute atomic E-state index is 0.201. The lowest BCUT2D eigenvalue weighted by Crippen LogP contribution is -2.09. The van der Waals surface area contributed by atoms with Gasteiger partial charge in [-0.2, -0.15) is 5.10 Å². The number of rotatable bonds is 5. The summed E-state index contributed by atoms with van der Waals surface area (Å²) >= 11 is 3.32. The number of carboxylic acids is 1. The molecule has 0 radical (unpaired) electrons. The highest BCUT2D eigenvalue weighted by molar-refractivity contribution is 9.10. The van der Waals surface area contributed by atoms with E-state index in [2.05, 4.69) is 21.0 Å². The minimum atomic E-state index is -0.973. The number of aromatic carboxylic acids is 1. The molecule has 0 aliphatic rings. The van der Waals surface area contributed by atoms with Crippen LogP contribution in [0.15, 0.2) is 41.1 Å². The predicted molar refractivity (Wildman–Crippen MR) is 68.8 cm³/mol. The quantitative estimate of drug-likeness (QED) is 0.921. The molecule has 1 aromatic carbocycles. The van der Waals surface area contributed by atoms with Crippen molar-refractivity contribution in [3.8, 4) is 5.75 Å². The van der Waals surface area contributed by atoms with Gasteiger partial charge in [-0.15, -0.1) is 0 Å². The number of carbonyl (C=O) groups is 1. The van der Waals surface area contributed by atoms with Crippen molar-refractivity contribution < 1.29 is 14.6 Å². The van der Waals surface area contributed by atoms with Gasteiger partial charge in [-0.05, 0) is 40.2 Å². The van der Waals surface area contributed by atoms with Crippen molar-refractivity contribution in [1.29, 1.82) is 0 Å². The molecule has 94 valence electrons. The average molecular weight is 311 g/mol. The first kappa shape index (κ1) is 12.6. The lowest BCUT2D eigenvalue weighted by atomic mass is 10.2. The smallest absolute Gasteiger partial charge is 0.335 e. The van der Waals surface area contributed by atoms with Gasteiger partial charge < -0.3 is 9.84 Å². The zero-order valence-corrected chi connectivity index (χ0v) is 11.0. The Bertz CT molecular complexity index is 540. The van der Waals surface area contributed by atoms with Gasteiger partial charge in [0, 0.05) is 12.4 Å². The van der Waals surface area contributed by atoms with Gasteiger partial charge >= 0.3 is 5.97 Å². The van der Waals surface area contributed by atoms with Crippen molar-refractivity contribution >= 4 is 21.9 Å². The zero-order valence-electron chi connectivity index (χ0n) is 9.41. The third-order valence-corrected chi connectivity index (χ3v) is 2.97. The highest BCUT2D eigenvalue weighted by atomic mass is 79.9. The average Bonchev–Trinajstić information content (AvgIpc) is 2.84. The highest BCUT2D eigenvalue weighted by Crippen LogP contribution is 2.26. The van der Waals surface area contributed by atoms with Crippen molar-refractivity contribution in [3.05, 3.63) is 46.7 Å². The molecule has 18 heavy (non-hydrogen) atoms. The summed E-state index contributed by atoms with van der Waals surface area (Å²) in [6.07, 6.45) is 3.53. The molecule has 1 heterocycles. The van der Waals surface area contributed by atoms with Crippen LogP contribution in [0.4, 0.5) is 0 Å². The monoisotopic (exact) mass is 310 g/mol. The molecule has 1 N–H and O–H groups in total. The predicted octanol–water partition coefficient (Wildman–Crippen LogP) is 2.42. The SMILES string of the molecule is O=C(O)c1ccc(Br)c(OCCn2cccn2)c1. The minimum Gasteiger partial charge on any atom is -0.490 e. The van der Waals surface area contributed by atoms with Gasteiger partial charge in [0.05, 0.1) is 16.6 Å². The Kier molecular flexibility index (Phi) is 3.99. The van der Waals surface area contributed by atoms with Crippen LogP contribution in [-0.4, -0.2) is 27.5 Å². The molecule has 0 saturated carbocycles. The van der Waals surface area contributed by atoms with E-state index < -0.39 is 5.97 Å². The number of halogens is 1. The van der Waals surface area contributed by atoms with E-state index in [9.17, 15) is 4.79 Å². The van der Waals surface area contributed by atoms with E-state index in [4.69, 9.17) is 9.84 Å². The van der Waals surface area contributed by atoms with Gasteiger partial charge in [0.15, 0.2) is 0 Å². The fourth-order valence-electron chi connectivity index (χ4n) is 1.43. The molecule has 0 unspecified atom stereocenters. The molecule has 2 rings (SSSR count). The fraction of sp³-hybridized carbons (Fsp3) is 0.167. The number of hydrogen-bond donors (Lipinski definition) is 1. The normalized spacial score (nSPS) is 10.3. The molecule has 0 bridgehead atoms. The van der Waals surface area contributed by atoms with E-state index in [1.54, 1.807) is 16.9 Å². The molecule has 0 aliphatic heterocycles. The largest absolute Gasteiger partial charge is 0.490 e. The van der Waals surface area contributed by atoms with Crippen LogP contribution < -0.4 is 4.74 Å². The summed E-state index contributed by atoms with van der Waals surface area (Å²) in [5.41, 5.74) is 0.201. The van der Waals surface area contributed by atoms with E-state index in [-0.39, 0.29) is 5.56 Å². The summed E-state index contributed by atoms with van der Waals surface area (Å²) in [6, 6.07) is 6.51. The summed E-state index contributed by atoms with van der Waals surface area (Å²) in [5.74, 6) is -0.457. The van der Waals surface area contributed by atoms with Gasteiger partial charge in [0.1, 0.15) is 12.4 Å². The fourth-order valence-corrected chi connectivity index (χ4v) is 1.79. The van der Waals surface area contributed by atoms with E-state index in [1.165, 1.54) is 12.1 Å². The third kappa shape index (κ3) is 3.10. The second-order valence-electron chi connectivity index (χ2n) is 3.57. The summed E-state index contributed by atoms with van der Waals surface area (Å²) in [5, 5.41) is 12.9. The standard InChI is InChI=1S/C12H11BrN2O3/c13-10-3-2-9(12(16)17)8-11(10)18-7-6-15-5-1-4-14-15/h1-5,8H,6-7H2,(H,16,17). The molecule has 0 fully saturated rings. The number of carboxylic acid groups (broad SMARTS) is 1. The van der Waals surface area contributed by atoms with Crippen molar-refractivity contribution in [3.63, 3.8) is 0 Å². The van der Waals surface area contributed by atoms with Crippen LogP contribution in [0.5, 0.6) is 5.75 Å². The number of hydrogen-bond acceptors (Lipinski definition) is 3. The van der Waals surface area contributed by atoms with Crippen LogP contribution in [0.3, 0.4) is 0 Å². The molecule has 0 amide bonds. The Labute approximate surface area is 112 Å². The third-order valence-electron chi connectivity index (χ3n) is 2.32. The molecular formula is C12H11BrN2O3. The molecule has 0 spiro atoms. The number of nitrogens with zero attached hydrogens (tertiary/aromatic N) is 2. The molecule has 0 aliphatic carbocycles. The topological polar surface area (TPSA) is 64.3 Å². The first-order chi connectivity index (χ1) is 8.66. The summed E-state index contributed by atoms with van der Waals surface area (Å²) in [4.78, 5) is 10.8. The Balaban J connectivity index is 2.00. The molecule has 0 atom stereocenters. The van der Waals surface area contributed by atoms with Gasteiger partial charge in [0.2, 0.25) is 0 Å². The van der Waals surface area contributed by atoms with E-state index >= 15 is 0 Å². The first-order valence-corrected chi connectivity index (χ1v) is 6.09. The van der Waals surface area contributed by atoms with Crippen molar-refractivity contribution in [1.82, 2.24) is 9.78 Å². The van der Waals surface area contributed by atoms with Crippen LogP contribution in [-0.2, 0) is 6.54 Å². The van der Waals surface area contributed by atoms with E-state index in [1.807, 2.05) is 12.3 Å². The maximum absolute atomic E-state index is 10.8. The Morgan fingerprint density at radius 3 is 3.00 bits per heavy atom. The van der Waals surface area contributed by atoms with Crippen LogP contribution in [0.25, 0.3) is 0 Å². The van der Waals surface area contributed by atoms with Gasteiger partial charge in [-0.1, -0.05) is 0 Å². The van der Waals surface area contributed by atoms with Crippen LogP contribution in [0.2, 0.25) is 0 Å². The first-order valence-electron chi connectivity index (χ1n) is 5.30. The van der Waals surface area contributed by atoms with Gasteiger partial charge in [-0.3, -0.25) is 4.68 Å². The summed E-state index contributed by atoms with van der Waals surface area (Å²) < 4.78 is 8.00. The maximum atomic E-state index is 10.8. The van der Waals surface area contributed by atoms with Crippen molar-refractivity contribution in [2.75, 3.05) is 6.61 Å². The van der Waals surface area contributed by atoms with Gasteiger partial charge in [0.25, 0.3) is 0 Å². The summed E-state index contributed by atoms with van der Waals surface area (Å²) in [7, 11) is 0. The molecule has 0 saturated heterocycles. The van der Waals surface area contributed by atoms with Gasteiger partial charge in [-0.25, -0.2) is 4.79 Å². The molecule has 5 nitrogen and oxygen atoms in total. The van der Waals surface area contributed by atoms with Crippen molar-refractivity contribution in [2.45, 2.75) is 6.54 Å². The van der Waals surface area contributed by atoms with Crippen LogP contribution in [0, 0.1) is 0 Å². The Hall–Kier alpha value is -1.82. The van der Waals surface area contributed by atoms with E-state index in [0.29, 0.717) is 18.9 Å². The zero-order chi connectivity index (χ0) is 13.0. The maximum Gasteiger partial charge on any atom is 0.335 e. The number of aromatic nitrogens is 2. The number of ether oxygens (including phenoxy) is 1.